The van der Waals surface area contributed by atoms with E-state index in [-0.39, 0.29) is 5.91 Å². The third kappa shape index (κ3) is 5.52. The van der Waals surface area contributed by atoms with Gasteiger partial charge in [0.25, 0.3) is 5.91 Å². The van der Waals surface area contributed by atoms with E-state index in [0.717, 1.165) is 46.9 Å². The van der Waals surface area contributed by atoms with Crippen LogP contribution in [0.5, 0.6) is 11.5 Å². The number of amides is 1. The molecule has 4 aromatic rings. The van der Waals surface area contributed by atoms with E-state index in [1.807, 2.05) is 73.7 Å². The van der Waals surface area contributed by atoms with Crippen LogP contribution in [0.2, 0.25) is 0 Å². The average molecular weight is 444 g/mol. The Kier molecular flexibility index (Phi) is 7.25. The first-order valence-corrected chi connectivity index (χ1v) is 11.2. The maximum absolute atomic E-state index is 12.5. The summed E-state index contributed by atoms with van der Waals surface area (Å²) in [6.07, 6.45) is 1.49. The maximum atomic E-state index is 12.5. The van der Waals surface area contributed by atoms with E-state index >= 15 is 0 Å². The van der Waals surface area contributed by atoms with Gasteiger partial charge >= 0.3 is 0 Å². The lowest BCUT2D eigenvalue weighted by atomic mass is 10.1. The molecule has 0 radical (unpaired) electrons. The lowest BCUT2D eigenvalue weighted by Crippen LogP contribution is -2.27. The summed E-state index contributed by atoms with van der Waals surface area (Å²) >= 11 is 0. The quantitative estimate of drug-likeness (QED) is 0.358. The smallest absolute Gasteiger partial charge is 0.251 e. The molecule has 0 fully saturated rings. The van der Waals surface area contributed by atoms with Gasteiger partial charge in [0.15, 0.2) is 0 Å². The highest BCUT2D eigenvalue weighted by atomic mass is 16.5. The third-order valence-electron chi connectivity index (χ3n) is 5.59. The number of aryl methyl sites for hydroxylation is 2. The summed E-state index contributed by atoms with van der Waals surface area (Å²) in [6.45, 7) is 3.84. The molecule has 0 unspecified atom stereocenters. The predicted octanol–water partition coefficient (Wildman–Crippen LogP) is 4.79. The molecular weight excluding hydrogens is 414 g/mol. The Balaban J connectivity index is 1.38. The van der Waals surface area contributed by atoms with Crippen molar-refractivity contribution in [2.75, 3.05) is 20.3 Å². The summed E-state index contributed by atoms with van der Waals surface area (Å²) in [7, 11) is 1.65. The van der Waals surface area contributed by atoms with Gasteiger partial charge in [0.2, 0.25) is 0 Å². The molecule has 0 spiro atoms. The van der Waals surface area contributed by atoms with Crippen molar-refractivity contribution in [1.29, 1.82) is 0 Å². The zero-order valence-electron chi connectivity index (χ0n) is 19.1. The van der Waals surface area contributed by atoms with Crippen molar-refractivity contribution in [3.8, 4) is 11.5 Å². The van der Waals surface area contributed by atoms with Crippen molar-refractivity contribution in [3.63, 3.8) is 0 Å². The van der Waals surface area contributed by atoms with E-state index in [9.17, 15) is 4.79 Å². The average Bonchev–Trinajstić information content (AvgIpc) is 3.19. The van der Waals surface area contributed by atoms with Crippen molar-refractivity contribution < 1.29 is 14.3 Å². The van der Waals surface area contributed by atoms with Crippen molar-refractivity contribution in [2.24, 2.45) is 0 Å². The molecule has 6 heteroatoms. The Morgan fingerprint density at radius 1 is 1.00 bits per heavy atom. The fourth-order valence-corrected chi connectivity index (χ4v) is 3.88. The molecule has 1 aromatic heterocycles. The van der Waals surface area contributed by atoms with Crippen LogP contribution in [0.3, 0.4) is 0 Å². The number of rotatable bonds is 10. The van der Waals surface area contributed by atoms with Crippen molar-refractivity contribution in [1.82, 2.24) is 14.9 Å². The van der Waals surface area contributed by atoms with Gasteiger partial charge in [-0.15, -0.1) is 0 Å². The molecule has 0 atom stereocenters. The molecule has 0 saturated carbocycles. The molecule has 0 saturated heterocycles. The SMILES string of the molecule is COc1cccc(OCCCn2c(CCNC(=O)c3ccccc3C)nc3ccccc32)c1. The number of fused-ring (bicyclic) bond motifs is 1. The van der Waals surface area contributed by atoms with Crippen LogP contribution >= 0.6 is 0 Å². The number of para-hydroxylation sites is 2. The third-order valence-corrected chi connectivity index (χ3v) is 5.59. The van der Waals surface area contributed by atoms with Crippen molar-refractivity contribution in [2.45, 2.75) is 26.3 Å². The van der Waals surface area contributed by atoms with E-state index < -0.39 is 0 Å². The highest BCUT2D eigenvalue weighted by Crippen LogP contribution is 2.20. The number of benzene rings is 3. The zero-order valence-corrected chi connectivity index (χ0v) is 19.1. The van der Waals surface area contributed by atoms with Crippen LogP contribution in [0.1, 0.15) is 28.2 Å². The van der Waals surface area contributed by atoms with Gasteiger partial charge in [-0.3, -0.25) is 4.79 Å². The van der Waals surface area contributed by atoms with Gasteiger partial charge in [-0.05, 0) is 49.2 Å². The minimum absolute atomic E-state index is 0.0533. The minimum Gasteiger partial charge on any atom is -0.497 e. The second-order valence-corrected chi connectivity index (χ2v) is 7.87. The van der Waals surface area contributed by atoms with Gasteiger partial charge in [-0.1, -0.05) is 36.4 Å². The molecule has 4 rings (SSSR count). The normalized spacial score (nSPS) is 10.8. The van der Waals surface area contributed by atoms with E-state index in [2.05, 4.69) is 16.0 Å². The van der Waals surface area contributed by atoms with E-state index in [1.54, 1.807) is 7.11 Å². The highest BCUT2D eigenvalue weighted by molar-refractivity contribution is 5.95. The summed E-state index contributed by atoms with van der Waals surface area (Å²) in [4.78, 5) is 17.4. The van der Waals surface area contributed by atoms with Crippen LogP contribution in [0.4, 0.5) is 0 Å². The molecule has 1 heterocycles. The summed E-state index contributed by atoms with van der Waals surface area (Å²) in [5.74, 6) is 2.48. The molecule has 0 aliphatic heterocycles. The van der Waals surface area contributed by atoms with Crippen LogP contribution in [0.15, 0.2) is 72.8 Å². The number of nitrogens with one attached hydrogen (secondary N) is 1. The second kappa shape index (κ2) is 10.7. The first-order chi connectivity index (χ1) is 16.2. The monoisotopic (exact) mass is 443 g/mol. The molecule has 0 aliphatic carbocycles. The predicted molar refractivity (Wildman–Crippen MR) is 130 cm³/mol. The largest absolute Gasteiger partial charge is 0.497 e. The van der Waals surface area contributed by atoms with Gasteiger partial charge in [-0.25, -0.2) is 4.98 Å². The van der Waals surface area contributed by atoms with E-state index in [0.29, 0.717) is 25.1 Å². The summed E-state index contributed by atoms with van der Waals surface area (Å²) in [6, 6.07) is 23.4. The highest BCUT2D eigenvalue weighted by Gasteiger charge is 2.12. The lowest BCUT2D eigenvalue weighted by molar-refractivity contribution is 0.0953. The Morgan fingerprint density at radius 3 is 2.64 bits per heavy atom. The Labute approximate surface area is 194 Å². The van der Waals surface area contributed by atoms with Crippen molar-refractivity contribution in [3.05, 3.63) is 89.7 Å². The topological polar surface area (TPSA) is 65.4 Å². The number of ether oxygens (including phenoxy) is 2. The number of hydrogen-bond acceptors (Lipinski definition) is 4. The number of carbonyl (C=O) groups is 1. The van der Waals surface area contributed by atoms with Gasteiger partial charge in [0, 0.05) is 31.1 Å². The fourth-order valence-electron chi connectivity index (χ4n) is 3.88. The van der Waals surface area contributed by atoms with Crippen LogP contribution < -0.4 is 14.8 Å². The standard InChI is InChI=1S/C27H29N3O3/c1-20-9-3-4-12-23(20)27(31)28-16-15-26-29-24-13-5-6-14-25(24)30(26)17-8-18-33-22-11-7-10-21(19-22)32-2/h3-7,9-14,19H,8,15-18H2,1-2H3,(H,28,31). The minimum atomic E-state index is -0.0533. The summed E-state index contributed by atoms with van der Waals surface area (Å²) in [5, 5.41) is 3.03. The van der Waals surface area contributed by atoms with Gasteiger partial charge in [0.05, 0.1) is 24.8 Å². The van der Waals surface area contributed by atoms with Crippen LogP contribution in [0, 0.1) is 6.92 Å². The molecule has 3 aromatic carbocycles. The lowest BCUT2D eigenvalue weighted by Gasteiger charge is -2.12. The number of nitrogens with zero attached hydrogens (tertiary/aromatic N) is 2. The van der Waals surface area contributed by atoms with Crippen LogP contribution in [0.25, 0.3) is 11.0 Å². The van der Waals surface area contributed by atoms with Gasteiger partial charge in [-0.2, -0.15) is 0 Å². The second-order valence-electron chi connectivity index (χ2n) is 7.87. The Morgan fingerprint density at radius 2 is 1.79 bits per heavy atom. The number of methoxy groups -OCH3 is 1. The molecule has 0 aliphatic rings. The molecule has 0 bridgehead atoms. The molecule has 6 nitrogen and oxygen atoms in total. The first kappa shape index (κ1) is 22.4. The first-order valence-electron chi connectivity index (χ1n) is 11.2. The maximum Gasteiger partial charge on any atom is 0.251 e. The van der Waals surface area contributed by atoms with Gasteiger partial charge < -0.3 is 19.4 Å². The van der Waals surface area contributed by atoms with E-state index in [4.69, 9.17) is 14.5 Å². The molecule has 1 amide bonds. The van der Waals surface area contributed by atoms with Gasteiger partial charge in [0.1, 0.15) is 17.3 Å². The number of aromatic nitrogens is 2. The molecular formula is C27H29N3O3. The summed E-state index contributed by atoms with van der Waals surface area (Å²) < 4.78 is 13.4. The molecule has 170 valence electrons. The number of carbonyl (C=O) groups excluding carboxylic acids is 1. The summed E-state index contributed by atoms with van der Waals surface area (Å²) in [5.41, 5.74) is 3.74. The molecule has 33 heavy (non-hydrogen) atoms. The Hall–Kier alpha value is -3.80. The Bertz CT molecular complexity index is 1230. The fraction of sp³-hybridized carbons (Fsp3) is 0.259. The van der Waals surface area contributed by atoms with E-state index in [1.165, 1.54) is 0 Å². The molecule has 1 N–H and O–H groups in total. The number of hydrogen-bond donors (Lipinski definition) is 1. The van der Waals surface area contributed by atoms with Crippen LogP contribution in [-0.2, 0) is 13.0 Å². The van der Waals surface area contributed by atoms with Crippen molar-refractivity contribution >= 4 is 16.9 Å². The van der Waals surface area contributed by atoms with Crippen LogP contribution in [-0.4, -0.2) is 35.7 Å². The zero-order chi connectivity index (χ0) is 23.0. The number of imidazole rings is 1.